The highest BCUT2D eigenvalue weighted by Crippen LogP contribution is 2.58. The second kappa shape index (κ2) is 19.1. The normalized spacial score (nSPS) is 25.6. The molecule has 6 aliphatic carbocycles. The van der Waals surface area contributed by atoms with Gasteiger partial charge in [0.15, 0.2) is 69.0 Å². The van der Waals surface area contributed by atoms with Crippen LogP contribution in [0.15, 0.2) is 138 Å². The van der Waals surface area contributed by atoms with Gasteiger partial charge >= 0.3 is 0 Å². The molecule has 0 radical (unpaired) electrons. The van der Waals surface area contributed by atoms with Crippen molar-refractivity contribution in [3.8, 4) is 74.7 Å². The van der Waals surface area contributed by atoms with Gasteiger partial charge in [-0.3, -0.25) is 9.59 Å². The van der Waals surface area contributed by atoms with Crippen molar-refractivity contribution in [2.45, 2.75) is 59.9 Å². The second-order valence-corrected chi connectivity index (χ2v) is 22.8. The first-order chi connectivity index (χ1) is 40.8. The van der Waals surface area contributed by atoms with Gasteiger partial charge in [-0.25, -0.2) is 0 Å². The third-order valence-corrected chi connectivity index (χ3v) is 17.2. The lowest BCUT2D eigenvalue weighted by Gasteiger charge is -2.36. The van der Waals surface area contributed by atoms with Gasteiger partial charge in [0.05, 0.1) is 0 Å². The summed E-state index contributed by atoms with van der Waals surface area (Å²) in [5.41, 5.74) is 4.22. The molecule has 22 heteroatoms. The molecule has 6 unspecified atom stereocenters. The van der Waals surface area contributed by atoms with E-state index in [0.717, 1.165) is 22.3 Å². The fourth-order valence-electron chi connectivity index (χ4n) is 13.4. The number of allylic oxidation sites excluding steroid dienone is 5. The van der Waals surface area contributed by atoms with E-state index in [1.165, 1.54) is 85.0 Å². The maximum atomic E-state index is 11.5. The summed E-state index contributed by atoms with van der Waals surface area (Å²) in [5.74, 6) is -3.41. The van der Waals surface area contributed by atoms with Gasteiger partial charge in [-0.1, -0.05) is 12.1 Å². The number of rotatable bonds is 0. The van der Waals surface area contributed by atoms with Crippen LogP contribution in [0.2, 0.25) is 0 Å². The number of fused-ring (bicyclic) bond motifs is 18. The van der Waals surface area contributed by atoms with Crippen LogP contribution in [-0.2, 0) is 44.7 Å². The summed E-state index contributed by atoms with van der Waals surface area (Å²) in [6.45, 7) is -0.0419. The third-order valence-electron chi connectivity index (χ3n) is 17.2. The molecule has 16 N–H and O–H groups in total. The van der Waals surface area contributed by atoms with Crippen LogP contribution in [0.1, 0.15) is 67.5 Å². The molecule has 4 heterocycles. The van der Waals surface area contributed by atoms with E-state index in [0.29, 0.717) is 80.0 Å². The first kappa shape index (κ1) is 55.0. The van der Waals surface area contributed by atoms with E-state index in [2.05, 4.69) is 0 Å². The van der Waals surface area contributed by atoms with Gasteiger partial charge in [0.2, 0.25) is 17.3 Å². The maximum Gasteiger partial charge on any atom is 0.224 e. The van der Waals surface area contributed by atoms with Crippen molar-refractivity contribution in [2.24, 2.45) is 0 Å². The summed E-state index contributed by atoms with van der Waals surface area (Å²) >= 11 is 0. The van der Waals surface area contributed by atoms with Crippen LogP contribution in [0.5, 0.6) is 74.7 Å². The zero-order valence-corrected chi connectivity index (χ0v) is 44.8. The number of carbonyl (C=O) groups is 2. The number of hydrogen-bond acceptors (Lipinski definition) is 22. The minimum Gasteiger partial charge on any atom is -0.508 e. The summed E-state index contributed by atoms with van der Waals surface area (Å²) in [4.78, 5) is 23.0. The number of phenols is 11. The van der Waals surface area contributed by atoms with Crippen molar-refractivity contribution in [2.75, 3.05) is 26.4 Å². The van der Waals surface area contributed by atoms with Crippen LogP contribution in [0, 0.1) is 0 Å². The Morgan fingerprint density at radius 2 is 0.907 bits per heavy atom. The van der Waals surface area contributed by atoms with Crippen LogP contribution >= 0.6 is 0 Å². The van der Waals surface area contributed by atoms with Crippen molar-refractivity contribution >= 4 is 22.7 Å². The van der Waals surface area contributed by atoms with Gasteiger partial charge in [-0.2, -0.15) is 0 Å². The second-order valence-electron chi connectivity index (χ2n) is 22.8. The van der Waals surface area contributed by atoms with E-state index in [9.17, 15) is 91.3 Å². The molecule has 16 rings (SSSR count). The number of benzene rings is 6. The third kappa shape index (κ3) is 8.54. The molecule has 0 spiro atoms. The first-order valence-corrected chi connectivity index (χ1v) is 26.8. The van der Waals surface area contributed by atoms with Crippen LogP contribution in [0.3, 0.4) is 0 Å². The Kier molecular flexibility index (Phi) is 12.2. The molecule has 6 atom stereocenters. The van der Waals surface area contributed by atoms with Crippen LogP contribution in [0.25, 0.3) is 11.1 Å². The highest BCUT2D eigenvalue weighted by molar-refractivity contribution is 6.07. The predicted octanol–water partition coefficient (Wildman–Crippen LogP) is 5.20. The monoisotopic (exact) mass is 1170 g/mol. The Hall–Kier alpha value is -10.3. The molecule has 86 heavy (non-hydrogen) atoms. The Labute approximate surface area is 485 Å². The van der Waals surface area contributed by atoms with Gasteiger partial charge in [-0.05, 0) is 129 Å². The number of hydrogen-bond donors (Lipinski definition) is 16. The number of ketones is 2. The Balaban J connectivity index is 0.000000106. The highest BCUT2D eigenvalue weighted by atomic mass is 16.5. The number of phenolic OH excluding ortho intramolecular Hbond substituents is 11. The first-order valence-electron chi connectivity index (χ1n) is 26.8. The summed E-state index contributed by atoms with van der Waals surface area (Å²) in [6, 6.07) is 19.2. The Morgan fingerprint density at radius 3 is 1.50 bits per heavy atom. The minimum absolute atomic E-state index is 0.0348. The molecule has 6 aromatic carbocycles. The Bertz CT molecular complexity index is 4240. The topological polar surface area (TPSA) is 395 Å². The minimum atomic E-state index is -1.33. The van der Waals surface area contributed by atoms with Gasteiger partial charge < -0.3 is 101 Å². The van der Waals surface area contributed by atoms with Crippen LogP contribution in [-0.4, -0.2) is 142 Å². The van der Waals surface area contributed by atoms with Crippen molar-refractivity contribution in [1.29, 1.82) is 0 Å². The lowest BCUT2D eigenvalue weighted by atomic mass is 9.80. The van der Waals surface area contributed by atoms with E-state index in [4.69, 9.17) is 18.9 Å². The summed E-state index contributed by atoms with van der Waals surface area (Å²) in [5, 5.41) is 160. The van der Waals surface area contributed by atoms with Crippen LogP contribution in [0.4, 0.5) is 0 Å². The molecule has 440 valence electrons. The average molecular weight is 1170 g/mol. The fraction of sp³-hybridized carbons (Fsp3) is 0.219. The molecule has 0 aromatic heterocycles. The van der Waals surface area contributed by atoms with Crippen molar-refractivity contribution < 1.29 is 110 Å². The molecule has 6 aromatic rings. The number of ether oxygens (including phenoxy) is 4. The van der Waals surface area contributed by atoms with Crippen LogP contribution < -0.4 is 9.47 Å². The lowest BCUT2D eigenvalue weighted by Crippen LogP contribution is -2.43. The average Bonchev–Trinajstić information content (AvgIpc) is 1.61. The van der Waals surface area contributed by atoms with E-state index in [1.807, 2.05) is 0 Å². The summed E-state index contributed by atoms with van der Waals surface area (Å²) in [7, 11) is 0. The zero-order valence-electron chi connectivity index (χ0n) is 44.8. The largest absolute Gasteiger partial charge is 0.508 e. The molecule has 0 bridgehead atoms. The van der Waals surface area contributed by atoms with Crippen molar-refractivity contribution in [1.82, 2.24) is 0 Å². The maximum absolute atomic E-state index is 11.5. The molecule has 0 fully saturated rings. The Morgan fingerprint density at radius 1 is 0.419 bits per heavy atom. The SMILES string of the molecule is O=C1C=CC2=C3c4cc(O)c(O)cc4CC3(O)COC2=C1.O=C1C=CC2=C3c4cc(O)c(O)cc4CC3(O)COC2=C1O.Oc1cc2c(cc1O)C1c3ccc(O)c(O)c3OCC1(O)C2.Oc1ccc2c(c1)OCC1(O)Cc3cc(O)c(O)cc3C21. The van der Waals surface area contributed by atoms with E-state index < -0.39 is 39.9 Å². The smallest absolute Gasteiger partial charge is 0.224 e. The standard InChI is InChI=1S/C16H14O6.C16H12O6.C16H14O5.C16H12O5/c2*17-10-2-1-8-13-9-4-12(19)11(18)3-7(9)5-16(13,21)6-22-15(8)14(10)20;2*17-9-1-2-10-14(4-9)21-7-16(20)6-8-3-12(18)13(19)5-11(8)15(10)16/h1-4,13,17-21H,5-6H2;1-4,18-21H,5-6H2;1-5,15,17-20H,6-7H2;1-5,18-20H,6-7H2. The lowest BCUT2D eigenvalue weighted by molar-refractivity contribution is -0.114. The number of aliphatic hydroxyl groups is 5. The summed E-state index contributed by atoms with van der Waals surface area (Å²) in [6.07, 6.45) is 8.23. The molecule has 0 amide bonds. The molecule has 22 nitrogen and oxygen atoms in total. The quantitative estimate of drug-likeness (QED) is 0.0868. The van der Waals surface area contributed by atoms with E-state index in [-0.39, 0.29) is 126 Å². The fourth-order valence-corrected chi connectivity index (χ4v) is 13.4. The molecular formula is C64H52O22. The zero-order chi connectivity index (χ0) is 60.8. The number of aromatic hydroxyl groups is 11. The number of carbonyl (C=O) groups excluding carboxylic acids is 2. The number of aliphatic hydroxyl groups excluding tert-OH is 1. The van der Waals surface area contributed by atoms with Crippen molar-refractivity contribution in [3.63, 3.8) is 0 Å². The van der Waals surface area contributed by atoms with E-state index in [1.54, 1.807) is 24.3 Å². The van der Waals surface area contributed by atoms with Crippen molar-refractivity contribution in [3.05, 3.63) is 193 Å². The summed E-state index contributed by atoms with van der Waals surface area (Å²) < 4.78 is 22.0. The van der Waals surface area contributed by atoms with Gasteiger partial charge in [0, 0.05) is 83.1 Å². The van der Waals surface area contributed by atoms with Gasteiger partial charge in [-0.15, -0.1) is 0 Å². The molecule has 4 aliphatic heterocycles. The predicted molar refractivity (Wildman–Crippen MR) is 298 cm³/mol. The molecular weight excluding hydrogens is 1120 g/mol. The molecule has 0 saturated heterocycles. The van der Waals surface area contributed by atoms with E-state index >= 15 is 0 Å². The molecule has 0 saturated carbocycles. The van der Waals surface area contributed by atoms with Gasteiger partial charge in [0.1, 0.15) is 66.1 Å². The highest BCUT2D eigenvalue weighted by Gasteiger charge is 2.53. The van der Waals surface area contributed by atoms with Gasteiger partial charge in [0.25, 0.3) is 0 Å². The molecule has 10 aliphatic rings.